The van der Waals surface area contributed by atoms with Crippen LogP contribution in [0.3, 0.4) is 0 Å². The molecular weight excluding hydrogens is 591 g/mol. The van der Waals surface area contributed by atoms with Gasteiger partial charge < -0.3 is 4.90 Å². The Morgan fingerprint density at radius 2 is 0.694 bits per heavy atom. The molecule has 0 aliphatic heterocycles. The van der Waals surface area contributed by atoms with Crippen LogP contribution in [0.4, 0.5) is 17.1 Å². The Hall–Kier alpha value is -6.44. The summed E-state index contributed by atoms with van der Waals surface area (Å²) in [5, 5.41) is 7.49. The number of anilines is 3. The van der Waals surface area contributed by atoms with Crippen LogP contribution in [0.5, 0.6) is 0 Å². The molecule has 0 heterocycles. The molecule has 0 spiro atoms. The monoisotopic (exact) mass is 623 g/mol. The Kier molecular flexibility index (Phi) is 7.22. The number of fused-ring (bicyclic) bond motifs is 3. The maximum atomic E-state index is 2.35. The Balaban J connectivity index is 1.12. The van der Waals surface area contributed by atoms with Gasteiger partial charge in [0.25, 0.3) is 0 Å². The van der Waals surface area contributed by atoms with Gasteiger partial charge in [0.1, 0.15) is 0 Å². The van der Waals surface area contributed by atoms with Crippen LogP contribution in [0.2, 0.25) is 0 Å². The first kappa shape index (κ1) is 28.8. The van der Waals surface area contributed by atoms with Crippen molar-refractivity contribution in [2.45, 2.75) is 0 Å². The van der Waals surface area contributed by atoms with Gasteiger partial charge in [0.15, 0.2) is 0 Å². The molecule has 0 saturated carbocycles. The van der Waals surface area contributed by atoms with Crippen molar-refractivity contribution in [1.82, 2.24) is 0 Å². The minimum Gasteiger partial charge on any atom is -0.310 e. The lowest BCUT2D eigenvalue weighted by molar-refractivity contribution is 1.29. The fraction of sp³-hybridized carbons (Fsp3) is 0. The van der Waals surface area contributed by atoms with Gasteiger partial charge in [0.2, 0.25) is 0 Å². The van der Waals surface area contributed by atoms with Crippen molar-refractivity contribution in [1.29, 1.82) is 0 Å². The summed E-state index contributed by atoms with van der Waals surface area (Å²) in [6.07, 6.45) is 0. The van der Waals surface area contributed by atoms with E-state index in [2.05, 4.69) is 205 Å². The van der Waals surface area contributed by atoms with E-state index in [1.54, 1.807) is 0 Å². The SMILES string of the molecule is c1ccc(-c2ccc(N(c3ccc(-c4cccc5c(-c6ccc7ccccc7c6)cccc45)cc3)c3ccc4ccccc4c3)cc2)cc1. The zero-order valence-electron chi connectivity index (χ0n) is 27.0. The third kappa shape index (κ3) is 5.42. The molecule has 9 rings (SSSR count). The molecule has 0 atom stereocenters. The fourth-order valence-electron chi connectivity index (χ4n) is 7.16. The van der Waals surface area contributed by atoms with Crippen LogP contribution in [0.1, 0.15) is 0 Å². The zero-order chi connectivity index (χ0) is 32.6. The van der Waals surface area contributed by atoms with E-state index in [1.807, 2.05) is 0 Å². The number of benzene rings is 9. The largest absolute Gasteiger partial charge is 0.310 e. The van der Waals surface area contributed by atoms with Crippen molar-refractivity contribution >= 4 is 49.4 Å². The van der Waals surface area contributed by atoms with Gasteiger partial charge in [0.05, 0.1) is 0 Å². The molecule has 0 saturated heterocycles. The molecule has 0 bridgehead atoms. The topological polar surface area (TPSA) is 3.24 Å². The van der Waals surface area contributed by atoms with E-state index >= 15 is 0 Å². The number of rotatable bonds is 6. The number of hydrogen-bond donors (Lipinski definition) is 0. The highest BCUT2D eigenvalue weighted by Gasteiger charge is 2.15. The smallest absolute Gasteiger partial charge is 0.0468 e. The quantitative estimate of drug-likeness (QED) is 0.178. The number of nitrogens with zero attached hydrogens (tertiary/aromatic N) is 1. The van der Waals surface area contributed by atoms with E-state index in [0.29, 0.717) is 0 Å². The molecular formula is C48H33N. The Labute approximate surface area is 287 Å². The van der Waals surface area contributed by atoms with E-state index in [4.69, 9.17) is 0 Å². The Morgan fingerprint density at radius 3 is 1.33 bits per heavy atom. The van der Waals surface area contributed by atoms with Crippen LogP contribution in [0, 0.1) is 0 Å². The average Bonchev–Trinajstić information content (AvgIpc) is 3.18. The summed E-state index contributed by atoms with van der Waals surface area (Å²) >= 11 is 0. The second-order valence-corrected chi connectivity index (χ2v) is 12.6. The van der Waals surface area contributed by atoms with E-state index in [0.717, 1.165) is 17.1 Å². The summed E-state index contributed by atoms with van der Waals surface area (Å²) in [5.41, 5.74) is 10.7. The van der Waals surface area contributed by atoms with Crippen LogP contribution in [0.15, 0.2) is 200 Å². The van der Waals surface area contributed by atoms with E-state index in [9.17, 15) is 0 Å². The third-order valence-electron chi connectivity index (χ3n) is 9.64. The van der Waals surface area contributed by atoms with Gasteiger partial charge in [-0.25, -0.2) is 0 Å². The molecule has 0 aliphatic rings. The van der Waals surface area contributed by atoms with Crippen molar-refractivity contribution < 1.29 is 0 Å². The summed E-state index contributed by atoms with van der Waals surface area (Å²) < 4.78 is 0. The lowest BCUT2D eigenvalue weighted by Gasteiger charge is -2.26. The van der Waals surface area contributed by atoms with Crippen LogP contribution in [0.25, 0.3) is 65.7 Å². The standard InChI is InChI=1S/C48H33N/c1-2-10-34(11-3-1)37-22-27-42(28-23-37)49(44-31-24-36-13-5-7-15-40(36)33-44)43-29-25-38(26-30-43)45-16-8-19-48-46(17-9-18-47(45)48)41-21-20-35-12-4-6-14-39(35)32-41/h1-33H. The Bertz CT molecular complexity index is 2580. The summed E-state index contributed by atoms with van der Waals surface area (Å²) in [4.78, 5) is 2.35. The fourth-order valence-corrected chi connectivity index (χ4v) is 7.16. The van der Waals surface area contributed by atoms with Gasteiger partial charge in [-0.3, -0.25) is 0 Å². The molecule has 0 fully saturated rings. The molecule has 9 aromatic carbocycles. The summed E-state index contributed by atoms with van der Waals surface area (Å²) in [7, 11) is 0. The molecule has 0 amide bonds. The predicted molar refractivity (Wildman–Crippen MR) is 210 cm³/mol. The lowest BCUT2D eigenvalue weighted by atomic mass is 9.92. The molecule has 1 heteroatoms. The highest BCUT2D eigenvalue weighted by molar-refractivity contribution is 6.05. The second-order valence-electron chi connectivity index (χ2n) is 12.6. The van der Waals surface area contributed by atoms with Crippen molar-refractivity contribution in [2.24, 2.45) is 0 Å². The third-order valence-corrected chi connectivity index (χ3v) is 9.64. The van der Waals surface area contributed by atoms with Crippen molar-refractivity contribution in [3.8, 4) is 33.4 Å². The Morgan fingerprint density at radius 1 is 0.245 bits per heavy atom. The van der Waals surface area contributed by atoms with Crippen LogP contribution >= 0.6 is 0 Å². The van der Waals surface area contributed by atoms with Gasteiger partial charge in [-0.05, 0) is 108 Å². The average molecular weight is 624 g/mol. The predicted octanol–water partition coefficient (Wildman–Crippen LogP) is 13.6. The highest BCUT2D eigenvalue weighted by atomic mass is 15.1. The molecule has 49 heavy (non-hydrogen) atoms. The second kappa shape index (κ2) is 12.3. The molecule has 9 aromatic rings. The molecule has 1 nitrogen and oxygen atoms in total. The van der Waals surface area contributed by atoms with Crippen LogP contribution in [-0.2, 0) is 0 Å². The lowest BCUT2D eigenvalue weighted by Crippen LogP contribution is -2.09. The minimum absolute atomic E-state index is 1.11. The summed E-state index contributed by atoms with van der Waals surface area (Å²) in [6.45, 7) is 0. The van der Waals surface area contributed by atoms with E-state index in [1.165, 1.54) is 65.7 Å². The molecule has 0 aliphatic carbocycles. The maximum absolute atomic E-state index is 2.35. The first-order valence-corrected chi connectivity index (χ1v) is 16.8. The van der Waals surface area contributed by atoms with Crippen molar-refractivity contribution in [3.05, 3.63) is 200 Å². The highest BCUT2D eigenvalue weighted by Crippen LogP contribution is 2.40. The normalized spacial score (nSPS) is 11.3. The zero-order valence-corrected chi connectivity index (χ0v) is 27.0. The molecule has 0 aromatic heterocycles. The van der Waals surface area contributed by atoms with Gasteiger partial charge in [-0.1, -0.05) is 158 Å². The van der Waals surface area contributed by atoms with Gasteiger partial charge in [0, 0.05) is 17.1 Å². The first-order chi connectivity index (χ1) is 24.3. The van der Waals surface area contributed by atoms with Crippen LogP contribution < -0.4 is 4.90 Å². The molecule has 230 valence electrons. The summed E-state index contributed by atoms with van der Waals surface area (Å²) in [5.74, 6) is 0. The van der Waals surface area contributed by atoms with E-state index in [-0.39, 0.29) is 0 Å². The first-order valence-electron chi connectivity index (χ1n) is 16.8. The van der Waals surface area contributed by atoms with Crippen molar-refractivity contribution in [2.75, 3.05) is 4.90 Å². The summed E-state index contributed by atoms with van der Waals surface area (Å²) in [6, 6.07) is 72.5. The van der Waals surface area contributed by atoms with Gasteiger partial charge in [-0.2, -0.15) is 0 Å². The molecule has 0 N–H and O–H groups in total. The maximum Gasteiger partial charge on any atom is 0.0468 e. The molecule has 0 unspecified atom stereocenters. The van der Waals surface area contributed by atoms with E-state index < -0.39 is 0 Å². The van der Waals surface area contributed by atoms with Gasteiger partial charge in [-0.15, -0.1) is 0 Å². The van der Waals surface area contributed by atoms with Crippen molar-refractivity contribution in [3.63, 3.8) is 0 Å². The molecule has 0 radical (unpaired) electrons. The number of hydrogen-bond acceptors (Lipinski definition) is 1. The van der Waals surface area contributed by atoms with Crippen LogP contribution in [-0.4, -0.2) is 0 Å². The minimum atomic E-state index is 1.11. The van der Waals surface area contributed by atoms with Gasteiger partial charge >= 0.3 is 0 Å².